The summed E-state index contributed by atoms with van der Waals surface area (Å²) < 4.78 is 66.6. The number of nitrogens with one attached hydrogen (secondary N) is 3. The van der Waals surface area contributed by atoms with Gasteiger partial charge in [0, 0.05) is 18.8 Å². The molecule has 0 spiro atoms. The van der Waals surface area contributed by atoms with Crippen molar-refractivity contribution in [3.05, 3.63) is 83.4 Å². The highest BCUT2D eigenvalue weighted by Gasteiger charge is 2.35. The summed E-state index contributed by atoms with van der Waals surface area (Å²) in [5.74, 6) is 0. The second-order valence-corrected chi connectivity index (χ2v) is 10.5. The normalized spacial score (nSPS) is 15.1. The van der Waals surface area contributed by atoms with Gasteiger partial charge in [-0.15, -0.1) is 0 Å². The second kappa shape index (κ2) is 10.9. The molecule has 1 aliphatic rings. The number of urea groups is 1. The topological polar surface area (TPSA) is 117 Å². The van der Waals surface area contributed by atoms with Gasteiger partial charge in [-0.05, 0) is 66.4 Å². The molecule has 0 bridgehead atoms. The van der Waals surface area contributed by atoms with Crippen LogP contribution in [0, 0.1) is 0 Å². The molecule has 3 aromatic carbocycles. The highest BCUT2D eigenvalue weighted by atomic mass is 32.2. The molecular weight excluding hydrogens is 519 g/mol. The summed E-state index contributed by atoms with van der Waals surface area (Å²) >= 11 is 0. The molecule has 4 rings (SSSR count). The van der Waals surface area contributed by atoms with Gasteiger partial charge in [-0.2, -0.15) is 13.2 Å². The number of sulfonamides is 1. The number of amides is 2. The summed E-state index contributed by atoms with van der Waals surface area (Å²) in [6.45, 7) is 2.39. The quantitative estimate of drug-likeness (QED) is 0.325. The third-order valence-corrected chi connectivity index (χ3v) is 7.56. The Bertz CT molecular complexity index is 1400. The van der Waals surface area contributed by atoms with Crippen LogP contribution in [0.1, 0.15) is 30.0 Å². The Morgan fingerprint density at radius 1 is 1.03 bits per heavy atom. The van der Waals surface area contributed by atoms with E-state index in [2.05, 4.69) is 10.6 Å². The van der Waals surface area contributed by atoms with Crippen LogP contribution in [-0.2, 0) is 29.2 Å². The van der Waals surface area contributed by atoms with Gasteiger partial charge in [0.25, 0.3) is 10.0 Å². The third kappa shape index (κ3) is 6.03. The summed E-state index contributed by atoms with van der Waals surface area (Å²) in [5.41, 5.74) is 8.24. The first-order chi connectivity index (χ1) is 18.0. The first-order valence-corrected chi connectivity index (χ1v) is 13.5. The van der Waals surface area contributed by atoms with E-state index in [9.17, 15) is 26.4 Å². The molecule has 2 amide bonds. The number of benzene rings is 3. The highest BCUT2D eigenvalue weighted by Crippen LogP contribution is 2.44. The maximum absolute atomic E-state index is 13.3. The van der Waals surface area contributed by atoms with E-state index in [0.29, 0.717) is 24.2 Å². The average molecular weight is 548 g/mol. The van der Waals surface area contributed by atoms with Crippen LogP contribution in [0.25, 0.3) is 0 Å². The summed E-state index contributed by atoms with van der Waals surface area (Å²) in [4.78, 5) is 13.9. The Morgan fingerprint density at radius 2 is 1.68 bits per heavy atom. The fourth-order valence-electron chi connectivity index (χ4n) is 4.21. The largest absolute Gasteiger partial charge is 0.416 e. The Labute approximate surface area is 219 Å². The summed E-state index contributed by atoms with van der Waals surface area (Å²) in [6.07, 6.45) is -3.55. The number of nitrogens with two attached hydrogens (primary N) is 1. The third-order valence-electron chi connectivity index (χ3n) is 6.22. The van der Waals surface area contributed by atoms with Crippen molar-refractivity contribution >= 4 is 33.1 Å². The van der Waals surface area contributed by atoms with Gasteiger partial charge >= 0.3 is 12.2 Å². The summed E-state index contributed by atoms with van der Waals surface area (Å²) in [5, 5.41) is 5.78. The molecule has 0 saturated heterocycles. The number of nitrogens with zero attached hydrogens (tertiary/aromatic N) is 1. The Balaban J connectivity index is 1.37. The van der Waals surface area contributed by atoms with Crippen LogP contribution in [0.3, 0.4) is 0 Å². The van der Waals surface area contributed by atoms with E-state index < -0.39 is 27.8 Å². The van der Waals surface area contributed by atoms with Crippen LogP contribution in [0.2, 0.25) is 0 Å². The molecule has 0 radical (unpaired) electrons. The predicted octanol–water partition coefficient (Wildman–Crippen LogP) is 4.69. The van der Waals surface area contributed by atoms with Crippen molar-refractivity contribution < 1.29 is 26.4 Å². The van der Waals surface area contributed by atoms with Gasteiger partial charge in [0.1, 0.15) is 6.17 Å². The first-order valence-electron chi connectivity index (χ1n) is 12.0. The van der Waals surface area contributed by atoms with Gasteiger partial charge in [-0.1, -0.05) is 31.2 Å². The lowest BCUT2D eigenvalue weighted by atomic mass is 10.1. The van der Waals surface area contributed by atoms with Crippen molar-refractivity contribution in [1.29, 1.82) is 0 Å². The maximum atomic E-state index is 13.3. The molecule has 1 atom stereocenters. The molecule has 38 heavy (non-hydrogen) atoms. The van der Waals surface area contributed by atoms with E-state index in [4.69, 9.17) is 5.73 Å². The Morgan fingerprint density at radius 3 is 2.29 bits per heavy atom. The monoisotopic (exact) mass is 547 g/mol. The lowest BCUT2D eigenvalue weighted by Crippen LogP contribution is -2.40. The number of carbonyl (C=O) groups excluding carboxylic acids is 1. The first kappa shape index (κ1) is 27.3. The average Bonchev–Trinajstić information content (AvgIpc) is 3.26. The number of carbonyl (C=O) groups is 1. The molecule has 1 unspecified atom stereocenters. The minimum Gasteiger partial charge on any atom is -0.363 e. The van der Waals surface area contributed by atoms with E-state index in [1.165, 1.54) is 18.2 Å². The number of rotatable bonds is 8. The summed E-state index contributed by atoms with van der Waals surface area (Å²) in [7, 11) is -4.02. The summed E-state index contributed by atoms with van der Waals surface area (Å²) in [6, 6.07) is 16.0. The van der Waals surface area contributed by atoms with Crippen molar-refractivity contribution in [3.63, 3.8) is 0 Å². The minimum absolute atomic E-state index is 0.0499. The van der Waals surface area contributed by atoms with Gasteiger partial charge in [0.2, 0.25) is 0 Å². The van der Waals surface area contributed by atoms with Crippen LogP contribution in [0.4, 0.5) is 35.0 Å². The lowest BCUT2D eigenvalue weighted by molar-refractivity contribution is -0.137. The van der Waals surface area contributed by atoms with Crippen molar-refractivity contribution in [2.45, 2.75) is 43.5 Å². The van der Waals surface area contributed by atoms with Crippen molar-refractivity contribution in [1.82, 2.24) is 10.0 Å². The molecule has 1 aliphatic heterocycles. The number of hydrogen-bond acceptors (Lipinski definition) is 6. The molecule has 8 nitrogen and oxygen atoms in total. The number of hydrogen-bond donors (Lipinski definition) is 4. The molecule has 0 aliphatic carbocycles. The van der Waals surface area contributed by atoms with Crippen LogP contribution < -0.4 is 26.0 Å². The molecule has 1 heterocycles. The van der Waals surface area contributed by atoms with Crippen molar-refractivity contribution in [2.24, 2.45) is 5.73 Å². The zero-order chi connectivity index (χ0) is 27.5. The maximum Gasteiger partial charge on any atom is 0.416 e. The molecule has 0 saturated carbocycles. The number of anilines is 3. The molecule has 202 valence electrons. The molecule has 5 N–H and O–H groups in total. The van der Waals surface area contributed by atoms with Gasteiger partial charge in [0.05, 0.1) is 21.8 Å². The lowest BCUT2D eigenvalue weighted by Gasteiger charge is -2.26. The Kier molecular flexibility index (Phi) is 7.83. The fraction of sp³-hybridized carbons (Fsp3) is 0.269. The van der Waals surface area contributed by atoms with Gasteiger partial charge in [-0.3, -0.25) is 0 Å². The molecule has 3 aromatic rings. The van der Waals surface area contributed by atoms with E-state index >= 15 is 0 Å². The standard InChI is InChI=1S/C26H28F3N5O3S/c1-2-24-32-22-12-7-19(26(27,28)29)15-23(22)34(24)20-8-3-17(4-9-20)13-14-31-25(35)33-38(36,37)21-10-5-18(16-30)6-11-21/h3-12,15,24,32H,2,13-14,16,30H2,1H3,(H2,31,33,35). The molecule has 0 aromatic heterocycles. The van der Waals surface area contributed by atoms with Gasteiger partial charge in [-0.25, -0.2) is 17.9 Å². The van der Waals surface area contributed by atoms with E-state index in [1.54, 1.807) is 12.1 Å². The number of halogens is 3. The second-order valence-electron chi connectivity index (χ2n) is 8.79. The SMILES string of the molecule is CCC1Nc2ccc(C(F)(F)F)cc2N1c1ccc(CCNC(=O)NS(=O)(=O)c2ccc(CN)cc2)cc1. The van der Waals surface area contributed by atoms with Crippen molar-refractivity contribution in [2.75, 3.05) is 16.8 Å². The Hall–Kier alpha value is -3.77. The fourth-order valence-corrected chi connectivity index (χ4v) is 5.14. The number of fused-ring (bicyclic) bond motifs is 1. The highest BCUT2D eigenvalue weighted by molar-refractivity contribution is 7.90. The van der Waals surface area contributed by atoms with Crippen LogP contribution in [0.15, 0.2) is 71.6 Å². The van der Waals surface area contributed by atoms with Gasteiger partial charge in [0.15, 0.2) is 0 Å². The van der Waals surface area contributed by atoms with Crippen molar-refractivity contribution in [3.8, 4) is 0 Å². The van der Waals surface area contributed by atoms with Crippen LogP contribution in [0.5, 0.6) is 0 Å². The smallest absolute Gasteiger partial charge is 0.363 e. The zero-order valence-corrected chi connectivity index (χ0v) is 21.4. The molecule has 0 fully saturated rings. The van der Waals surface area contributed by atoms with E-state index in [0.717, 1.165) is 28.9 Å². The van der Waals surface area contributed by atoms with Crippen LogP contribution >= 0.6 is 0 Å². The zero-order valence-electron chi connectivity index (χ0n) is 20.5. The minimum atomic E-state index is -4.44. The van der Waals surface area contributed by atoms with Gasteiger partial charge < -0.3 is 21.3 Å². The molecular formula is C26H28F3N5O3S. The predicted molar refractivity (Wildman–Crippen MR) is 139 cm³/mol. The molecule has 12 heteroatoms. The van der Waals surface area contributed by atoms with Crippen LogP contribution in [-0.4, -0.2) is 27.2 Å². The number of alkyl halides is 3. The van der Waals surface area contributed by atoms with E-state index in [1.807, 2.05) is 40.8 Å². The van der Waals surface area contributed by atoms with E-state index in [-0.39, 0.29) is 24.2 Å².